The van der Waals surface area contributed by atoms with Gasteiger partial charge in [0.05, 0.1) is 0 Å². The van der Waals surface area contributed by atoms with Gasteiger partial charge in [0.2, 0.25) is 0 Å². The quantitative estimate of drug-likeness (QED) is 0.308. The Balaban J connectivity index is 2.28. The number of rotatable bonds is 4. The van der Waals surface area contributed by atoms with E-state index in [2.05, 4.69) is 17.2 Å². The van der Waals surface area contributed by atoms with Gasteiger partial charge in [0, 0.05) is 6.42 Å². The second-order valence-electron chi connectivity index (χ2n) is 4.19. The van der Waals surface area contributed by atoms with Gasteiger partial charge in [0.1, 0.15) is 5.84 Å². The van der Waals surface area contributed by atoms with Crippen molar-refractivity contribution in [2.24, 2.45) is 27.9 Å². The maximum Gasteiger partial charge on any atom is 0.124 e. The molecule has 0 aliphatic heterocycles. The Morgan fingerprint density at radius 2 is 1.86 bits per heavy atom. The standard InChI is InChI=1S/C10H20N4/c1-2-8-3-5-9(6-4-8)7-10(11)13-14-12/h8-9H,2-7H2,1H3,(H3,11,12,13). The Morgan fingerprint density at radius 3 is 2.36 bits per heavy atom. The molecule has 0 saturated heterocycles. The summed E-state index contributed by atoms with van der Waals surface area (Å²) in [6.45, 7) is 2.26. The summed E-state index contributed by atoms with van der Waals surface area (Å²) in [5.41, 5.74) is 12.2. The fourth-order valence-electron chi connectivity index (χ4n) is 2.24. The van der Waals surface area contributed by atoms with E-state index in [-0.39, 0.29) is 0 Å². The highest BCUT2D eigenvalue weighted by molar-refractivity contribution is 5.80. The van der Waals surface area contributed by atoms with Gasteiger partial charge in [-0.05, 0) is 24.7 Å². The third kappa shape index (κ3) is 3.44. The van der Waals surface area contributed by atoms with Crippen LogP contribution in [0.25, 0.3) is 0 Å². The summed E-state index contributed by atoms with van der Waals surface area (Å²) in [5.74, 6) is 2.11. The molecule has 3 N–H and O–H groups in total. The molecule has 0 aromatic rings. The minimum absolute atomic E-state index is 0.514. The normalized spacial score (nSPS) is 28.8. The molecule has 0 spiro atoms. The molecule has 0 radical (unpaired) electrons. The molecule has 0 heterocycles. The lowest BCUT2D eigenvalue weighted by Gasteiger charge is -2.27. The zero-order valence-corrected chi connectivity index (χ0v) is 8.87. The van der Waals surface area contributed by atoms with Crippen molar-refractivity contribution in [2.45, 2.75) is 45.4 Å². The first-order valence-electron chi connectivity index (χ1n) is 5.45. The molecule has 14 heavy (non-hydrogen) atoms. The van der Waals surface area contributed by atoms with Crippen molar-refractivity contribution in [3.63, 3.8) is 0 Å². The summed E-state index contributed by atoms with van der Waals surface area (Å²) in [4.78, 5) is 0. The fourth-order valence-corrected chi connectivity index (χ4v) is 2.24. The molecular formula is C10H20N4. The minimum atomic E-state index is 0.514. The van der Waals surface area contributed by atoms with Gasteiger partial charge in [-0.25, -0.2) is 0 Å². The molecule has 1 aliphatic carbocycles. The lowest BCUT2D eigenvalue weighted by Crippen LogP contribution is -2.21. The topological polar surface area (TPSA) is 74.6 Å². The van der Waals surface area contributed by atoms with Crippen molar-refractivity contribution < 1.29 is 0 Å². The molecule has 0 aromatic heterocycles. The van der Waals surface area contributed by atoms with Crippen molar-refractivity contribution in [3.05, 3.63) is 0 Å². The van der Waals surface area contributed by atoms with Gasteiger partial charge in [-0.2, -0.15) is 5.53 Å². The van der Waals surface area contributed by atoms with Gasteiger partial charge in [0.25, 0.3) is 0 Å². The van der Waals surface area contributed by atoms with E-state index in [0.717, 1.165) is 12.3 Å². The number of nitrogens with two attached hydrogens (primary N) is 1. The molecule has 1 fully saturated rings. The van der Waals surface area contributed by atoms with Gasteiger partial charge in [-0.3, -0.25) is 0 Å². The van der Waals surface area contributed by atoms with Gasteiger partial charge >= 0.3 is 0 Å². The predicted octanol–water partition coefficient (Wildman–Crippen LogP) is 2.90. The molecule has 0 atom stereocenters. The maximum absolute atomic E-state index is 6.57. The summed E-state index contributed by atoms with van der Waals surface area (Å²) in [6, 6.07) is 0. The van der Waals surface area contributed by atoms with Crippen LogP contribution >= 0.6 is 0 Å². The van der Waals surface area contributed by atoms with E-state index in [9.17, 15) is 0 Å². The van der Waals surface area contributed by atoms with Crippen LogP contribution in [0.2, 0.25) is 0 Å². The largest absolute Gasteiger partial charge is 0.386 e. The number of hydrogen-bond donors (Lipinski definition) is 2. The maximum atomic E-state index is 6.57. The third-order valence-corrected chi connectivity index (χ3v) is 3.22. The van der Waals surface area contributed by atoms with Gasteiger partial charge in [-0.15, -0.1) is 5.10 Å². The molecule has 0 bridgehead atoms. The Labute approximate surface area is 85.5 Å². The summed E-state index contributed by atoms with van der Waals surface area (Å²) in [7, 11) is 0. The fraction of sp³-hybridized carbons (Fsp3) is 0.900. The van der Waals surface area contributed by atoms with Crippen LogP contribution in [0, 0.1) is 17.4 Å². The number of nitrogens with one attached hydrogen (secondary N) is 1. The number of nitrogens with zero attached hydrogens (tertiary/aromatic N) is 2. The molecule has 1 aliphatic rings. The van der Waals surface area contributed by atoms with Gasteiger partial charge in [-0.1, -0.05) is 31.4 Å². The molecular weight excluding hydrogens is 176 g/mol. The van der Waals surface area contributed by atoms with E-state index in [0.29, 0.717) is 11.8 Å². The van der Waals surface area contributed by atoms with Crippen molar-refractivity contribution in [2.75, 3.05) is 0 Å². The second kappa shape index (κ2) is 5.73. The zero-order valence-electron chi connectivity index (χ0n) is 8.87. The van der Waals surface area contributed by atoms with E-state index in [1.807, 2.05) is 0 Å². The first-order chi connectivity index (χ1) is 6.76. The molecule has 4 heteroatoms. The Kier molecular flexibility index (Phi) is 4.56. The lowest BCUT2D eigenvalue weighted by molar-refractivity contribution is 0.274. The van der Waals surface area contributed by atoms with E-state index in [4.69, 9.17) is 11.3 Å². The molecule has 1 saturated carbocycles. The molecule has 4 nitrogen and oxygen atoms in total. The van der Waals surface area contributed by atoms with Crippen LogP contribution in [-0.2, 0) is 0 Å². The predicted molar refractivity (Wildman–Crippen MR) is 57.1 cm³/mol. The van der Waals surface area contributed by atoms with Crippen LogP contribution < -0.4 is 5.73 Å². The van der Waals surface area contributed by atoms with E-state index in [1.54, 1.807) is 0 Å². The summed E-state index contributed by atoms with van der Waals surface area (Å²) < 4.78 is 0. The van der Waals surface area contributed by atoms with Crippen LogP contribution in [0.5, 0.6) is 0 Å². The van der Waals surface area contributed by atoms with Gasteiger partial charge in [0.15, 0.2) is 0 Å². The summed E-state index contributed by atoms with van der Waals surface area (Å²) in [6.07, 6.45) is 7.29. The van der Waals surface area contributed by atoms with Crippen molar-refractivity contribution >= 4 is 5.84 Å². The van der Waals surface area contributed by atoms with E-state index in [1.165, 1.54) is 32.1 Å². The smallest absolute Gasteiger partial charge is 0.124 e. The number of hydrogen-bond acceptors (Lipinski definition) is 2. The van der Waals surface area contributed by atoms with E-state index >= 15 is 0 Å². The van der Waals surface area contributed by atoms with Crippen molar-refractivity contribution in [1.82, 2.24) is 0 Å². The first-order valence-corrected chi connectivity index (χ1v) is 5.45. The average molecular weight is 196 g/mol. The summed E-state index contributed by atoms with van der Waals surface area (Å²) in [5, 5.41) is 6.49. The van der Waals surface area contributed by atoms with Crippen molar-refractivity contribution in [1.29, 1.82) is 5.53 Å². The molecule has 80 valence electrons. The van der Waals surface area contributed by atoms with Crippen molar-refractivity contribution in [3.8, 4) is 0 Å². The molecule has 1 rings (SSSR count). The van der Waals surface area contributed by atoms with Crippen LogP contribution in [0.1, 0.15) is 45.4 Å². The summed E-state index contributed by atoms with van der Waals surface area (Å²) >= 11 is 0. The monoisotopic (exact) mass is 196 g/mol. The first kappa shape index (κ1) is 11.1. The highest BCUT2D eigenvalue weighted by Gasteiger charge is 2.20. The highest BCUT2D eigenvalue weighted by atomic mass is 15.3. The SMILES string of the molecule is CCC1CCC(C/C(N)=N/N=N)CC1. The Bertz CT molecular complexity index is 204. The third-order valence-electron chi connectivity index (χ3n) is 3.22. The van der Waals surface area contributed by atoms with Crippen LogP contribution in [0.3, 0.4) is 0 Å². The Morgan fingerprint density at radius 1 is 1.29 bits per heavy atom. The second-order valence-corrected chi connectivity index (χ2v) is 4.19. The Hall–Kier alpha value is -0.930. The number of amidine groups is 1. The van der Waals surface area contributed by atoms with E-state index < -0.39 is 0 Å². The minimum Gasteiger partial charge on any atom is -0.386 e. The van der Waals surface area contributed by atoms with Crippen LogP contribution in [-0.4, -0.2) is 5.84 Å². The molecule has 0 aromatic carbocycles. The van der Waals surface area contributed by atoms with Gasteiger partial charge < -0.3 is 5.73 Å². The van der Waals surface area contributed by atoms with Crippen LogP contribution in [0.15, 0.2) is 10.3 Å². The average Bonchev–Trinajstić information content (AvgIpc) is 2.19. The highest BCUT2D eigenvalue weighted by Crippen LogP contribution is 2.32. The zero-order chi connectivity index (χ0) is 10.4. The molecule has 0 amide bonds. The van der Waals surface area contributed by atoms with Crippen LogP contribution in [0.4, 0.5) is 0 Å². The molecule has 0 unspecified atom stereocenters. The lowest BCUT2D eigenvalue weighted by atomic mass is 9.79.